The van der Waals surface area contributed by atoms with E-state index in [1.165, 1.54) is 0 Å². The van der Waals surface area contributed by atoms with E-state index in [2.05, 4.69) is 15.6 Å². The lowest BCUT2D eigenvalue weighted by molar-refractivity contribution is -0.137. The maximum absolute atomic E-state index is 12.9. The Morgan fingerprint density at radius 1 is 1.17 bits per heavy atom. The summed E-state index contributed by atoms with van der Waals surface area (Å²) >= 11 is 5.95. The van der Waals surface area contributed by atoms with Crippen LogP contribution in [0.25, 0.3) is 0 Å². The molecular weight excluding hydrogens is 403 g/mol. The summed E-state index contributed by atoms with van der Waals surface area (Å²) < 4.78 is 38.7. The summed E-state index contributed by atoms with van der Waals surface area (Å²) in [7, 11) is 0. The lowest BCUT2D eigenvalue weighted by atomic mass is 9.86. The van der Waals surface area contributed by atoms with E-state index in [1.807, 2.05) is 19.1 Å². The van der Waals surface area contributed by atoms with Crippen LogP contribution in [0.2, 0.25) is 5.02 Å². The van der Waals surface area contributed by atoms with Gasteiger partial charge in [-0.3, -0.25) is 9.78 Å². The number of rotatable bonds is 5. The standard InChI is InChI=1S/C21H23ClF3N3O/c1-13-2-6-17(12-26-13)27-11-14-3-7-16(8-4-14)28-20(29)18-10-15(21(23,24)25)5-9-19(18)22/h2,5-6,9-10,12,14,16,27H,3-4,7-8,11H2,1H3,(H,28,29). The SMILES string of the molecule is Cc1ccc(NCC2CCC(NC(=O)c3cc(C(F)(F)F)ccc3Cl)CC2)cn1. The molecule has 1 saturated carbocycles. The molecule has 0 radical (unpaired) electrons. The van der Waals surface area contributed by atoms with E-state index in [0.717, 1.165) is 61.8 Å². The number of anilines is 1. The Kier molecular flexibility index (Phi) is 6.67. The molecule has 3 rings (SSSR count). The fourth-order valence-corrected chi connectivity index (χ4v) is 3.69. The van der Waals surface area contributed by atoms with Gasteiger partial charge in [-0.05, 0) is 68.9 Å². The molecule has 1 aliphatic carbocycles. The molecule has 0 atom stereocenters. The number of aromatic nitrogens is 1. The molecule has 1 fully saturated rings. The molecule has 0 aliphatic heterocycles. The average molecular weight is 426 g/mol. The summed E-state index contributed by atoms with van der Waals surface area (Å²) in [4.78, 5) is 16.7. The fraction of sp³-hybridized carbons (Fsp3) is 0.429. The molecule has 1 heterocycles. The molecule has 0 saturated heterocycles. The van der Waals surface area contributed by atoms with E-state index in [1.54, 1.807) is 6.20 Å². The van der Waals surface area contributed by atoms with Crippen LogP contribution in [0.15, 0.2) is 36.5 Å². The number of carbonyl (C=O) groups is 1. The minimum absolute atomic E-state index is 0.0140. The summed E-state index contributed by atoms with van der Waals surface area (Å²) in [6.45, 7) is 2.76. The smallest absolute Gasteiger partial charge is 0.384 e. The summed E-state index contributed by atoms with van der Waals surface area (Å²) in [5.41, 5.74) is 0.919. The predicted molar refractivity (Wildman–Crippen MR) is 107 cm³/mol. The zero-order valence-electron chi connectivity index (χ0n) is 16.0. The summed E-state index contributed by atoms with van der Waals surface area (Å²) in [5, 5.41) is 6.23. The molecule has 1 aliphatic rings. The number of hydrogen-bond donors (Lipinski definition) is 2. The Labute approximate surface area is 172 Å². The van der Waals surface area contributed by atoms with Crippen molar-refractivity contribution in [3.8, 4) is 0 Å². The highest BCUT2D eigenvalue weighted by Gasteiger charge is 2.32. The number of hydrogen-bond acceptors (Lipinski definition) is 3. The van der Waals surface area contributed by atoms with Crippen molar-refractivity contribution in [2.45, 2.75) is 44.8 Å². The van der Waals surface area contributed by atoms with Gasteiger partial charge in [0, 0.05) is 18.3 Å². The number of pyridine rings is 1. The Hall–Kier alpha value is -2.28. The van der Waals surface area contributed by atoms with Gasteiger partial charge in [0.25, 0.3) is 5.91 Å². The van der Waals surface area contributed by atoms with Gasteiger partial charge in [-0.2, -0.15) is 13.2 Å². The first-order chi connectivity index (χ1) is 13.7. The van der Waals surface area contributed by atoms with Crippen LogP contribution in [0.1, 0.15) is 47.3 Å². The van der Waals surface area contributed by atoms with Gasteiger partial charge >= 0.3 is 6.18 Å². The molecule has 0 unspecified atom stereocenters. The van der Waals surface area contributed by atoms with Crippen molar-refractivity contribution in [1.82, 2.24) is 10.3 Å². The maximum atomic E-state index is 12.9. The van der Waals surface area contributed by atoms with Gasteiger partial charge in [0.05, 0.1) is 28.0 Å². The lowest BCUT2D eigenvalue weighted by Gasteiger charge is -2.29. The van der Waals surface area contributed by atoms with Crippen LogP contribution in [-0.4, -0.2) is 23.5 Å². The van der Waals surface area contributed by atoms with Crippen LogP contribution >= 0.6 is 11.6 Å². The molecular formula is C21H23ClF3N3O. The van der Waals surface area contributed by atoms with Crippen molar-refractivity contribution < 1.29 is 18.0 Å². The third-order valence-corrected chi connectivity index (χ3v) is 5.56. The molecule has 2 aromatic rings. The summed E-state index contributed by atoms with van der Waals surface area (Å²) in [6.07, 6.45) is 0.695. The number of amides is 1. The zero-order chi connectivity index (χ0) is 21.0. The number of aryl methyl sites for hydroxylation is 1. The minimum Gasteiger partial charge on any atom is -0.384 e. The second-order valence-corrected chi connectivity index (χ2v) is 7.86. The van der Waals surface area contributed by atoms with Crippen LogP contribution in [0.4, 0.5) is 18.9 Å². The third-order valence-electron chi connectivity index (χ3n) is 5.23. The Morgan fingerprint density at radius 2 is 1.90 bits per heavy atom. The van der Waals surface area contributed by atoms with Crippen molar-refractivity contribution in [3.05, 3.63) is 58.4 Å². The second kappa shape index (κ2) is 9.03. The van der Waals surface area contributed by atoms with Crippen LogP contribution < -0.4 is 10.6 Å². The van der Waals surface area contributed by atoms with E-state index in [4.69, 9.17) is 11.6 Å². The average Bonchev–Trinajstić information content (AvgIpc) is 2.68. The van der Waals surface area contributed by atoms with Gasteiger partial charge in [-0.1, -0.05) is 11.6 Å². The molecule has 0 spiro atoms. The van der Waals surface area contributed by atoms with Crippen LogP contribution in [0, 0.1) is 12.8 Å². The molecule has 29 heavy (non-hydrogen) atoms. The highest BCUT2D eigenvalue weighted by atomic mass is 35.5. The minimum atomic E-state index is -4.52. The summed E-state index contributed by atoms with van der Waals surface area (Å²) in [6, 6.07) is 6.68. The first-order valence-corrected chi connectivity index (χ1v) is 9.94. The first kappa shape index (κ1) is 21.4. The van der Waals surface area contributed by atoms with Crippen molar-refractivity contribution >= 4 is 23.2 Å². The van der Waals surface area contributed by atoms with Crippen molar-refractivity contribution in [3.63, 3.8) is 0 Å². The predicted octanol–water partition coefficient (Wildman–Crippen LogP) is 5.46. The van der Waals surface area contributed by atoms with E-state index in [9.17, 15) is 18.0 Å². The number of benzene rings is 1. The van der Waals surface area contributed by atoms with Crippen molar-refractivity contribution in [2.24, 2.45) is 5.92 Å². The Balaban J connectivity index is 1.50. The van der Waals surface area contributed by atoms with E-state index in [0.29, 0.717) is 5.92 Å². The molecule has 8 heteroatoms. The largest absolute Gasteiger partial charge is 0.416 e. The van der Waals surface area contributed by atoms with E-state index >= 15 is 0 Å². The van der Waals surface area contributed by atoms with Crippen LogP contribution in [-0.2, 0) is 6.18 Å². The number of nitrogens with one attached hydrogen (secondary N) is 2. The molecule has 4 nitrogen and oxygen atoms in total. The van der Waals surface area contributed by atoms with E-state index < -0.39 is 17.6 Å². The normalized spacial score (nSPS) is 19.6. The summed E-state index contributed by atoms with van der Waals surface area (Å²) in [5.74, 6) is -0.0880. The van der Waals surface area contributed by atoms with Crippen LogP contribution in [0.3, 0.4) is 0 Å². The Bertz CT molecular complexity index is 847. The highest BCUT2D eigenvalue weighted by Crippen LogP contribution is 2.32. The lowest BCUT2D eigenvalue weighted by Crippen LogP contribution is -2.38. The molecule has 0 bridgehead atoms. The van der Waals surface area contributed by atoms with Gasteiger partial charge in [-0.25, -0.2) is 0 Å². The fourth-order valence-electron chi connectivity index (χ4n) is 3.48. The van der Waals surface area contributed by atoms with Crippen molar-refractivity contribution in [1.29, 1.82) is 0 Å². The number of nitrogens with zero attached hydrogens (tertiary/aromatic N) is 1. The molecule has 2 N–H and O–H groups in total. The van der Waals surface area contributed by atoms with E-state index in [-0.39, 0.29) is 16.6 Å². The highest BCUT2D eigenvalue weighted by molar-refractivity contribution is 6.33. The second-order valence-electron chi connectivity index (χ2n) is 7.45. The van der Waals surface area contributed by atoms with Crippen LogP contribution in [0.5, 0.6) is 0 Å². The molecule has 1 aromatic heterocycles. The topological polar surface area (TPSA) is 54.0 Å². The monoisotopic (exact) mass is 425 g/mol. The quantitative estimate of drug-likeness (QED) is 0.668. The third kappa shape index (κ3) is 5.85. The zero-order valence-corrected chi connectivity index (χ0v) is 16.8. The maximum Gasteiger partial charge on any atom is 0.416 e. The molecule has 1 amide bonds. The van der Waals surface area contributed by atoms with Gasteiger partial charge in [-0.15, -0.1) is 0 Å². The number of alkyl halides is 3. The first-order valence-electron chi connectivity index (χ1n) is 9.56. The molecule has 1 aromatic carbocycles. The molecule has 156 valence electrons. The van der Waals surface area contributed by atoms with Crippen molar-refractivity contribution in [2.75, 3.05) is 11.9 Å². The Morgan fingerprint density at radius 3 is 2.52 bits per heavy atom. The number of carbonyl (C=O) groups excluding carboxylic acids is 1. The van der Waals surface area contributed by atoms with Gasteiger partial charge < -0.3 is 10.6 Å². The van der Waals surface area contributed by atoms with Gasteiger partial charge in [0.15, 0.2) is 0 Å². The van der Waals surface area contributed by atoms with Gasteiger partial charge in [0.2, 0.25) is 0 Å². The van der Waals surface area contributed by atoms with Gasteiger partial charge in [0.1, 0.15) is 0 Å². The number of halogens is 4.